The third-order valence-corrected chi connectivity index (χ3v) is 12.5. The summed E-state index contributed by atoms with van der Waals surface area (Å²) in [5.41, 5.74) is 0. The molecule has 382 valence electrons. The van der Waals surface area contributed by atoms with Gasteiger partial charge in [0.15, 0.2) is 0 Å². The average molecular weight is 953 g/mol. The third kappa shape index (κ3) is 34.1. The molecule has 0 aromatic heterocycles. The van der Waals surface area contributed by atoms with E-state index in [0.29, 0.717) is 13.0 Å². The normalized spacial score (nSPS) is 22.0. The molecule has 1 fully saturated rings. The van der Waals surface area contributed by atoms with Gasteiger partial charge in [-0.15, -0.1) is 0 Å². The van der Waals surface area contributed by atoms with Crippen molar-refractivity contribution < 1.29 is 58.3 Å². The van der Waals surface area contributed by atoms with Crippen LogP contribution in [-0.4, -0.2) is 98.9 Å². The van der Waals surface area contributed by atoms with Crippen LogP contribution in [0, 0.1) is 0 Å². The zero-order chi connectivity index (χ0) is 48.4. The fourth-order valence-corrected chi connectivity index (χ4v) is 8.47. The molecule has 0 heterocycles. The lowest BCUT2D eigenvalue weighted by molar-refractivity contribution is -0.220. The molecule has 0 aromatic rings. The Labute approximate surface area is 400 Å². The number of aliphatic hydroxyl groups is 5. The molecule has 6 unspecified atom stereocenters. The number of unbranched alkanes of at least 4 members (excludes halogenated alkanes) is 19. The van der Waals surface area contributed by atoms with Gasteiger partial charge in [-0.25, -0.2) is 4.57 Å². The van der Waals surface area contributed by atoms with Crippen LogP contribution in [0.15, 0.2) is 72.9 Å². The summed E-state index contributed by atoms with van der Waals surface area (Å²) in [5, 5.41) is 50.3. The van der Waals surface area contributed by atoms with Crippen molar-refractivity contribution in [2.24, 2.45) is 0 Å². The Morgan fingerprint density at radius 1 is 0.500 bits per heavy atom. The molecule has 1 rings (SSSR count). The lowest BCUT2D eigenvalue weighted by atomic mass is 9.85. The van der Waals surface area contributed by atoms with Crippen molar-refractivity contribution in [3.05, 3.63) is 72.9 Å². The Hall–Kier alpha value is -2.22. The van der Waals surface area contributed by atoms with E-state index in [0.717, 1.165) is 109 Å². The number of aliphatic hydroxyl groups excluding tert-OH is 5. The SMILES string of the molecule is CC/C=C\C/C=C\C/C=C\C/C=C\C/C=C\CCCCCCCCCC(=O)OC(COCCCCCCCC/C=C\CCCCCCCC)COP(=O)(O)OC1C(O)C(O)C(O)C(O)C1O. The zero-order valence-electron chi connectivity index (χ0n) is 41.0. The highest BCUT2D eigenvalue weighted by atomic mass is 31.2. The standard InChI is InChI=1S/C53H93O12P/c1-3-5-7-9-11-13-15-17-19-21-22-23-24-25-26-27-28-30-32-34-36-38-40-42-47(54)64-46(45-63-66(60,61)65-53-51(58)49(56)48(55)50(57)52(53)59)44-62-43-41-39-37-35-33-31-29-20-18-16-14-12-10-8-6-4-2/h5,7,11,13,17-20,22-23,25-26,46,48-53,55-59H,3-4,6,8-10,12,14-16,21,24,27-45H2,1-2H3,(H,60,61)/b7-5-,13-11-,19-17-,20-18-,23-22-,26-25-. The van der Waals surface area contributed by atoms with Crippen LogP contribution in [0.2, 0.25) is 0 Å². The monoisotopic (exact) mass is 953 g/mol. The molecule has 1 saturated carbocycles. The predicted octanol–water partition coefficient (Wildman–Crippen LogP) is 11.5. The average Bonchev–Trinajstić information content (AvgIpc) is 3.30. The number of rotatable bonds is 43. The molecule has 0 saturated heterocycles. The minimum absolute atomic E-state index is 0.0886. The summed E-state index contributed by atoms with van der Waals surface area (Å²) in [6.07, 6.45) is 43.9. The summed E-state index contributed by atoms with van der Waals surface area (Å²) in [6.45, 7) is 4.12. The van der Waals surface area contributed by atoms with Crippen LogP contribution in [0.3, 0.4) is 0 Å². The van der Waals surface area contributed by atoms with Crippen LogP contribution in [0.25, 0.3) is 0 Å². The number of carbonyl (C=O) groups is 1. The van der Waals surface area contributed by atoms with E-state index in [2.05, 4.69) is 86.8 Å². The van der Waals surface area contributed by atoms with Gasteiger partial charge in [0.2, 0.25) is 0 Å². The van der Waals surface area contributed by atoms with Gasteiger partial charge in [0.1, 0.15) is 42.7 Å². The van der Waals surface area contributed by atoms with Crippen molar-refractivity contribution in [3.63, 3.8) is 0 Å². The van der Waals surface area contributed by atoms with Gasteiger partial charge in [-0.1, -0.05) is 177 Å². The third-order valence-electron chi connectivity index (χ3n) is 11.6. The van der Waals surface area contributed by atoms with Crippen molar-refractivity contribution in [1.29, 1.82) is 0 Å². The minimum Gasteiger partial charge on any atom is -0.457 e. The number of allylic oxidation sites excluding steroid dienone is 12. The first-order valence-corrected chi connectivity index (χ1v) is 27.3. The van der Waals surface area contributed by atoms with E-state index in [9.17, 15) is 39.8 Å². The fourth-order valence-electron chi connectivity index (χ4n) is 7.49. The number of esters is 1. The maximum Gasteiger partial charge on any atom is 0.472 e. The topological polar surface area (TPSA) is 192 Å². The Kier molecular flexibility index (Phi) is 40.1. The fraction of sp³-hybridized carbons (Fsp3) is 0.755. The second-order valence-electron chi connectivity index (χ2n) is 17.6. The number of ether oxygens (including phenoxy) is 2. The minimum atomic E-state index is -5.03. The smallest absolute Gasteiger partial charge is 0.457 e. The second kappa shape index (κ2) is 42.8. The van der Waals surface area contributed by atoms with E-state index in [1.165, 1.54) is 57.8 Å². The quantitative estimate of drug-likeness (QED) is 0.0147. The molecule has 0 amide bonds. The van der Waals surface area contributed by atoms with E-state index < -0.39 is 63.1 Å². The van der Waals surface area contributed by atoms with Gasteiger partial charge in [-0.05, 0) is 83.5 Å². The highest BCUT2D eigenvalue weighted by Crippen LogP contribution is 2.47. The van der Waals surface area contributed by atoms with Crippen molar-refractivity contribution in [2.45, 2.75) is 236 Å². The zero-order valence-corrected chi connectivity index (χ0v) is 41.9. The van der Waals surface area contributed by atoms with Crippen LogP contribution in [0.4, 0.5) is 0 Å². The van der Waals surface area contributed by atoms with Gasteiger partial charge in [-0.2, -0.15) is 0 Å². The number of phosphoric ester groups is 1. The number of carbonyl (C=O) groups excluding carboxylic acids is 1. The molecule has 6 N–H and O–H groups in total. The highest BCUT2D eigenvalue weighted by Gasteiger charge is 2.51. The second-order valence-corrected chi connectivity index (χ2v) is 19.0. The molecule has 0 aromatic carbocycles. The van der Waals surface area contributed by atoms with E-state index in [4.69, 9.17) is 18.5 Å². The summed E-state index contributed by atoms with van der Waals surface area (Å²) < 4.78 is 34.3. The summed E-state index contributed by atoms with van der Waals surface area (Å²) in [4.78, 5) is 23.2. The van der Waals surface area contributed by atoms with Crippen LogP contribution >= 0.6 is 7.82 Å². The molecule has 1 aliphatic carbocycles. The van der Waals surface area contributed by atoms with Gasteiger partial charge >= 0.3 is 13.8 Å². The molecule has 13 heteroatoms. The Bertz CT molecular complexity index is 1360. The molecule has 12 nitrogen and oxygen atoms in total. The van der Waals surface area contributed by atoms with Crippen molar-refractivity contribution >= 4 is 13.8 Å². The van der Waals surface area contributed by atoms with Crippen molar-refractivity contribution in [3.8, 4) is 0 Å². The molecule has 0 bridgehead atoms. The number of phosphoric acid groups is 1. The number of hydrogen-bond acceptors (Lipinski definition) is 11. The molecule has 0 aliphatic heterocycles. The predicted molar refractivity (Wildman–Crippen MR) is 267 cm³/mol. The maximum absolute atomic E-state index is 12.9. The molecular weight excluding hydrogens is 860 g/mol. The van der Waals surface area contributed by atoms with Gasteiger partial charge in [0.25, 0.3) is 0 Å². The van der Waals surface area contributed by atoms with Gasteiger partial charge < -0.3 is 39.9 Å². The summed E-state index contributed by atoms with van der Waals surface area (Å²) in [6, 6.07) is 0. The maximum atomic E-state index is 12.9. The van der Waals surface area contributed by atoms with Gasteiger partial charge in [0, 0.05) is 13.0 Å². The van der Waals surface area contributed by atoms with Gasteiger partial charge in [-0.3, -0.25) is 13.8 Å². The van der Waals surface area contributed by atoms with Gasteiger partial charge in [0.05, 0.1) is 13.2 Å². The largest absolute Gasteiger partial charge is 0.472 e. The molecule has 1 aliphatic rings. The molecule has 6 atom stereocenters. The van der Waals surface area contributed by atoms with E-state index >= 15 is 0 Å². The lowest BCUT2D eigenvalue weighted by Crippen LogP contribution is -2.64. The Morgan fingerprint density at radius 3 is 1.38 bits per heavy atom. The molecular formula is C53H93O12P. The summed E-state index contributed by atoms with van der Waals surface area (Å²) in [5.74, 6) is -0.492. The number of hydrogen-bond donors (Lipinski definition) is 6. The van der Waals surface area contributed by atoms with Crippen molar-refractivity contribution in [1.82, 2.24) is 0 Å². The van der Waals surface area contributed by atoms with Crippen LogP contribution < -0.4 is 0 Å². The summed E-state index contributed by atoms with van der Waals surface area (Å²) in [7, 11) is -5.03. The summed E-state index contributed by atoms with van der Waals surface area (Å²) >= 11 is 0. The molecule has 0 spiro atoms. The first kappa shape index (κ1) is 61.8. The van der Waals surface area contributed by atoms with E-state index in [1.54, 1.807) is 0 Å². The molecule has 66 heavy (non-hydrogen) atoms. The molecule has 0 radical (unpaired) electrons. The first-order chi connectivity index (χ1) is 32.0. The van der Waals surface area contributed by atoms with E-state index in [1.807, 2.05) is 0 Å². The van der Waals surface area contributed by atoms with Crippen molar-refractivity contribution in [2.75, 3.05) is 19.8 Å². The Morgan fingerprint density at radius 2 is 0.894 bits per heavy atom. The van der Waals surface area contributed by atoms with Crippen LogP contribution in [-0.2, 0) is 27.9 Å². The highest BCUT2D eigenvalue weighted by molar-refractivity contribution is 7.47. The first-order valence-electron chi connectivity index (χ1n) is 25.8. The van der Waals surface area contributed by atoms with Crippen LogP contribution in [0.5, 0.6) is 0 Å². The van der Waals surface area contributed by atoms with Crippen LogP contribution in [0.1, 0.15) is 194 Å². The Balaban J connectivity index is 2.36. The lowest BCUT2D eigenvalue weighted by Gasteiger charge is -2.41. The van der Waals surface area contributed by atoms with E-state index in [-0.39, 0.29) is 13.0 Å².